The summed E-state index contributed by atoms with van der Waals surface area (Å²) in [7, 11) is 3.75. The highest BCUT2D eigenvalue weighted by atomic mass is 79.9. The Bertz CT molecular complexity index is 1860. The van der Waals surface area contributed by atoms with Gasteiger partial charge in [-0.2, -0.15) is 5.10 Å². The zero-order valence-corrected chi connectivity index (χ0v) is 31.2. The van der Waals surface area contributed by atoms with E-state index >= 15 is 0 Å². The average molecular weight is 760 g/mol. The lowest BCUT2D eigenvalue weighted by Crippen LogP contribution is -2.48. The predicted octanol–water partition coefficient (Wildman–Crippen LogP) is 4.19. The molecule has 1 spiro atoms. The van der Waals surface area contributed by atoms with Crippen molar-refractivity contribution < 1.29 is 14.4 Å². The summed E-state index contributed by atoms with van der Waals surface area (Å²) >= 11 is 3.43. The molecule has 13 heteroatoms. The van der Waals surface area contributed by atoms with E-state index in [1.807, 2.05) is 30.2 Å². The highest BCUT2D eigenvalue weighted by Crippen LogP contribution is 2.43. The summed E-state index contributed by atoms with van der Waals surface area (Å²) in [5, 5.41) is 10.1. The highest BCUT2D eigenvalue weighted by Gasteiger charge is 2.39. The first-order valence-electron chi connectivity index (χ1n) is 18.1. The summed E-state index contributed by atoms with van der Waals surface area (Å²) in [5.74, 6) is -0.432. The van der Waals surface area contributed by atoms with Gasteiger partial charge in [0.2, 0.25) is 11.8 Å². The Morgan fingerprint density at radius 2 is 1.69 bits per heavy atom. The number of nitrogens with zero attached hydrogens (tertiary/aromatic N) is 6. The molecule has 1 aromatic carbocycles. The summed E-state index contributed by atoms with van der Waals surface area (Å²) < 4.78 is 1.80. The Kier molecular flexibility index (Phi) is 10.0. The van der Waals surface area contributed by atoms with E-state index in [2.05, 4.69) is 66.7 Å². The van der Waals surface area contributed by atoms with Crippen LogP contribution in [0.5, 0.6) is 0 Å². The maximum atomic E-state index is 13.6. The molecule has 51 heavy (non-hydrogen) atoms. The number of nitrogens with one attached hydrogen (secondary N) is 2. The molecule has 0 saturated carbocycles. The van der Waals surface area contributed by atoms with Gasteiger partial charge < -0.3 is 20.0 Å². The second kappa shape index (κ2) is 14.5. The monoisotopic (exact) mass is 758 g/mol. The van der Waals surface area contributed by atoms with Crippen LogP contribution in [0.1, 0.15) is 84.0 Å². The number of rotatable bonds is 6. The van der Waals surface area contributed by atoms with Crippen molar-refractivity contribution in [1.29, 1.82) is 0 Å². The largest absolute Gasteiger partial charge is 0.379 e. The number of carbonyl (C=O) groups excluding carboxylic acids is 3. The fraction of sp³-hybridized carbons (Fsp3) is 0.526. The van der Waals surface area contributed by atoms with Crippen molar-refractivity contribution in [3.63, 3.8) is 0 Å². The molecule has 0 radical (unpaired) electrons. The van der Waals surface area contributed by atoms with Crippen LogP contribution in [-0.4, -0.2) is 94.6 Å². The Balaban J connectivity index is 0.911. The van der Waals surface area contributed by atoms with Crippen molar-refractivity contribution in [1.82, 2.24) is 29.9 Å². The molecule has 4 aliphatic rings. The standard InChI is InChI=1S/C38H47BrN8O4/c1-24-18-29(20-40-34(24)30-8-9-32(48)43-35(30)49)46-14-10-38(11-15-46)12-16-47(17-13-38)36(50)26-6-4-25(5-7-26)27-19-28(23-44(2)22-27)42-31-21-41-45(3)37(51)33(31)39/h4-7,18,20-21,27-28,30,42H,8-17,19,22-23H2,1-3H3,(H,43,48,49)/t27-,28+,30?/m0/s1. The normalized spacial score (nSPS) is 24.0. The van der Waals surface area contributed by atoms with E-state index in [1.165, 1.54) is 10.2 Å². The number of piperidine rings is 4. The van der Waals surface area contributed by atoms with E-state index in [0.29, 0.717) is 28.9 Å². The molecule has 4 fully saturated rings. The van der Waals surface area contributed by atoms with E-state index in [9.17, 15) is 19.2 Å². The van der Waals surface area contributed by atoms with Crippen molar-refractivity contribution in [3.8, 4) is 0 Å². The van der Waals surface area contributed by atoms with Crippen LogP contribution in [0.4, 0.5) is 11.4 Å². The van der Waals surface area contributed by atoms with Gasteiger partial charge in [-0.15, -0.1) is 0 Å². The summed E-state index contributed by atoms with van der Waals surface area (Å²) in [5.41, 5.74) is 5.56. The fourth-order valence-corrected chi connectivity index (χ4v) is 9.04. The van der Waals surface area contributed by atoms with Crippen LogP contribution in [0.3, 0.4) is 0 Å². The fourth-order valence-electron chi connectivity index (χ4n) is 8.56. The van der Waals surface area contributed by atoms with Gasteiger partial charge in [0.05, 0.1) is 35.4 Å². The van der Waals surface area contributed by atoms with Crippen LogP contribution in [0, 0.1) is 12.3 Å². The van der Waals surface area contributed by atoms with Gasteiger partial charge in [0.15, 0.2) is 0 Å². The molecule has 6 heterocycles. The first kappa shape index (κ1) is 35.3. The summed E-state index contributed by atoms with van der Waals surface area (Å²) in [6.45, 7) is 7.22. The molecule has 3 aromatic rings. The van der Waals surface area contributed by atoms with Crippen molar-refractivity contribution in [2.45, 2.75) is 69.7 Å². The van der Waals surface area contributed by atoms with Crippen molar-refractivity contribution in [2.75, 3.05) is 56.5 Å². The molecule has 2 N–H and O–H groups in total. The van der Waals surface area contributed by atoms with Gasteiger partial charge in [0.25, 0.3) is 11.5 Å². The topological polar surface area (TPSA) is 133 Å². The third kappa shape index (κ3) is 7.46. The Labute approximate surface area is 307 Å². The number of likely N-dealkylation sites (tertiary alicyclic amines) is 2. The van der Waals surface area contributed by atoms with Crippen molar-refractivity contribution in [2.24, 2.45) is 12.5 Å². The average Bonchev–Trinajstić information content (AvgIpc) is 3.12. The number of hydrogen-bond donors (Lipinski definition) is 2. The number of carbonyl (C=O) groups is 3. The molecular formula is C38H47BrN8O4. The third-order valence-corrected chi connectivity index (χ3v) is 12.4. The molecule has 270 valence electrons. The molecule has 3 amide bonds. The van der Waals surface area contributed by atoms with Crippen molar-refractivity contribution in [3.05, 3.63) is 79.9 Å². The third-order valence-electron chi connectivity index (χ3n) is 11.7. The molecule has 1 unspecified atom stereocenters. The number of halogens is 1. The van der Waals surface area contributed by atoms with Gasteiger partial charge in [0.1, 0.15) is 4.47 Å². The molecule has 0 bridgehead atoms. The van der Waals surface area contributed by atoms with Crippen LogP contribution in [0.2, 0.25) is 0 Å². The van der Waals surface area contributed by atoms with Gasteiger partial charge >= 0.3 is 0 Å². The molecule has 2 aromatic heterocycles. The van der Waals surface area contributed by atoms with Gasteiger partial charge in [-0.1, -0.05) is 12.1 Å². The zero-order chi connectivity index (χ0) is 35.9. The van der Waals surface area contributed by atoms with Crippen LogP contribution in [0.15, 0.2) is 52.0 Å². The molecule has 7 rings (SSSR count). The SMILES string of the molecule is Cc1cc(N2CCC3(CCN(C(=O)c4ccc([C@H]5C[C@@H](Nc6cnn(C)c(=O)c6Br)CN(C)C5)cc4)CC3)CC2)cnc1C1CCC(=O)NC1=O. The van der Waals surface area contributed by atoms with Crippen LogP contribution >= 0.6 is 15.9 Å². The first-order chi connectivity index (χ1) is 24.5. The van der Waals surface area contributed by atoms with Gasteiger partial charge in [-0.05, 0) is 109 Å². The molecule has 12 nitrogen and oxygen atoms in total. The predicted molar refractivity (Wildman–Crippen MR) is 199 cm³/mol. The van der Waals surface area contributed by atoms with E-state index in [0.717, 1.165) is 93.9 Å². The minimum Gasteiger partial charge on any atom is -0.379 e. The molecule has 0 aliphatic carbocycles. The Morgan fingerprint density at radius 1 is 0.980 bits per heavy atom. The number of amides is 3. The zero-order valence-electron chi connectivity index (χ0n) is 29.7. The Hall–Kier alpha value is -4.10. The maximum absolute atomic E-state index is 13.6. The number of aromatic nitrogens is 3. The van der Waals surface area contributed by atoms with E-state index in [-0.39, 0.29) is 40.7 Å². The number of benzene rings is 1. The van der Waals surface area contributed by atoms with Crippen LogP contribution in [0.25, 0.3) is 0 Å². The number of pyridine rings is 1. The summed E-state index contributed by atoms with van der Waals surface area (Å²) in [6, 6.07) is 10.5. The quantitative estimate of drug-likeness (QED) is 0.356. The maximum Gasteiger partial charge on any atom is 0.282 e. The number of likely N-dealkylation sites (N-methyl/N-ethyl adjacent to an activating group) is 1. The molecule has 4 aliphatic heterocycles. The number of aryl methyl sites for hydroxylation is 2. The van der Waals surface area contributed by atoms with Crippen LogP contribution < -0.4 is 21.1 Å². The van der Waals surface area contributed by atoms with E-state index in [4.69, 9.17) is 4.98 Å². The smallest absolute Gasteiger partial charge is 0.282 e. The van der Waals surface area contributed by atoms with Gasteiger partial charge in [-0.3, -0.25) is 29.5 Å². The Morgan fingerprint density at radius 3 is 2.37 bits per heavy atom. The van der Waals surface area contributed by atoms with Crippen LogP contribution in [-0.2, 0) is 16.6 Å². The van der Waals surface area contributed by atoms with E-state index in [1.54, 1.807) is 13.2 Å². The van der Waals surface area contributed by atoms with E-state index < -0.39 is 0 Å². The minimum absolute atomic E-state index is 0.106. The lowest BCUT2D eigenvalue weighted by Gasteiger charge is -2.47. The molecular weight excluding hydrogens is 712 g/mol. The summed E-state index contributed by atoms with van der Waals surface area (Å²) in [6.07, 6.45) is 9.51. The van der Waals surface area contributed by atoms with Gasteiger partial charge in [0, 0.05) is 64.3 Å². The highest BCUT2D eigenvalue weighted by molar-refractivity contribution is 9.10. The second-order valence-electron chi connectivity index (χ2n) is 15.1. The first-order valence-corrected chi connectivity index (χ1v) is 18.9. The van der Waals surface area contributed by atoms with Gasteiger partial charge in [-0.25, -0.2) is 4.68 Å². The molecule has 3 atom stereocenters. The second-order valence-corrected chi connectivity index (χ2v) is 15.9. The minimum atomic E-state index is -0.373. The number of imide groups is 1. The summed E-state index contributed by atoms with van der Waals surface area (Å²) in [4.78, 5) is 61.4. The lowest BCUT2D eigenvalue weighted by molar-refractivity contribution is -0.134. The molecule has 4 saturated heterocycles. The van der Waals surface area contributed by atoms with Crippen molar-refractivity contribution >= 4 is 45.0 Å². The number of anilines is 2. The lowest BCUT2D eigenvalue weighted by atomic mass is 9.71. The number of hydrogen-bond acceptors (Lipinski definition) is 9.